The van der Waals surface area contributed by atoms with Crippen LogP contribution < -0.4 is 10.2 Å². The van der Waals surface area contributed by atoms with Crippen LogP contribution in [0.5, 0.6) is 0 Å². The van der Waals surface area contributed by atoms with Gasteiger partial charge in [0.25, 0.3) is 0 Å². The van der Waals surface area contributed by atoms with E-state index in [2.05, 4.69) is 10.2 Å². The number of aliphatic hydroxyl groups is 1. The van der Waals surface area contributed by atoms with Crippen LogP contribution in [0.15, 0.2) is 30.3 Å². The van der Waals surface area contributed by atoms with Gasteiger partial charge in [0.15, 0.2) is 0 Å². The lowest BCUT2D eigenvalue weighted by atomic mass is 9.67. The molecular weight excluding hydrogens is 508 g/mol. The summed E-state index contributed by atoms with van der Waals surface area (Å²) in [6, 6.07) is 7.75. The minimum Gasteiger partial charge on any atom is -0.371 e. The van der Waals surface area contributed by atoms with Gasteiger partial charge in [0, 0.05) is 26.7 Å². The van der Waals surface area contributed by atoms with E-state index in [-0.39, 0.29) is 11.9 Å². The lowest BCUT2D eigenvalue weighted by Crippen LogP contribution is -2.56. The molecule has 0 saturated carbocycles. The second kappa shape index (κ2) is 7.00. The number of amides is 2. The smallest absolute Gasteiger partial charge is 0.242 e. The van der Waals surface area contributed by atoms with E-state index in [1.807, 2.05) is 6.92 Å². The number of carbonyl (C=O) groups excluding carboxylic acids is 2. The van der Waals surface area contributed by atoms with Gasteiger partial charge in [-0.2, -0.15) is 0 Å². The monoisotopic (exact) mass is 525 g/mol. The van der Waals surface area contributed by atoms with Crippen LogP contribution in [0.3, 0.4) is 0 Å². The number of imide groups is 1. The zero-order chi connectivity index (χ0) is 23.4. The van der Waals surface area contributed by atoms with Crippen molar-refractivity contribution in [2.75, 3.05) is 16.8 Å². The fraction of sp³-hybridized carbons (Fsp3) is 0.391. The molecule has 6 nitrogen and oxygen atoms in total. The summed E-state index contributed by atoms with van der Waals surface area (Å²) in [5, 5.41) is 16.0. The number of halogens is 4. The van der Waals surface area contributed by atoms with Crippen molar-refractivity contribution in [3.63, 3.8) is 0 Å². The van der Waals surface area contributed by atoms with Gasteiger partial charge in [0.1, 0.15) is 11.8 Å². The molecule has 33 heavy (non-hydrogen) atoms. The summed E-state index contributed by atoms with van der Waals surface area (Å²) in [5.41, 5.74) is -0.763. The summed E-state index contributed by atoms with van der Waals surface area (Å²) in [7, 11) is 0. The number of anilines is 2. The Bertz CT molecular complexity index is 1240. The van der Waals surface area contributed by atoms with Crippen molar-refractivity contribution in [2.45, 2.75) is 37.6 Å². The van der Waals surface area contributed by atoms with Crippen LogP contribution in [-0.2, 0) is 15.1 Å². The first-order valence-electron chi connectivity index (χ1n) is 10.7. The SMILES string of the molecule is CC12C(=O)N(c3cc(Cl)cc(Cl)c3)C(=O)C1C1(c3cc(Cl)cc(Cl)c3NC1O)N1CCCC12. The lowest BCUT2D eigenvalue weighted by Gasteiger charge is -2.41. The van der Waals surface area contributed by atoms with Gasteiger partial charge in [0.05, 0.1) is 27.7 Å². The quantitative estimate of drug-likeness (QED) is 0.516. The minimum atomic E-state index is -1.19. The molecule has 2 N–H and O–H groups in total. The molecule has 3 saturated heterocycles. The molecule has 4 aliphatic rings. The Morgan fingerprint density at radius 2 is 1.70 bits per heavy atom. The van der Waals surface area contributed by atoms with Crippen molar-refractivity contribution in [2.24, 2.45) is 11.3 Å². The summed E-state index contributed by atoms with van der Waals surface area (Å²) < 4.78 is 0. The number of fused-ring (bicyclic) bond motifs is 7. The highest BCUT2D eigenvalue weighted by Gasteiger charge is 2.79. The fourth-order valence-electron chi connectivity index (χ4n) is 6.80. The average molecular weight is 527 g/mol. The molecule has 5 unspecified atom stereocenters. The molecule has 2 amide bonds. The van der Waals surface area contributed by atoms with Crippen molar-refractivity contribution in [1.82, 2.24) is 4.90 Å². The Kier molecular flexibility index (Phi) is 4.66. The number of nitrogens with one attached hydrogen (secondary N) is 1. The maximum absolute atomic E-state index is 14.1. The Labute approximate surface area is 210 Å². The van der Waals surface area contributed by atoms with Gasteiger partial charge in [-0.15, -0.1) is 0 Å². The molecule has 1 spiro atoms. The molecular formula is C23H19Cl4N3O3. The van der Waals surface area contributed by atoms with Crippen LogP contribution >= 0.6 is 46.4 Å². The predicted molar refractivity (Wildman–Crippen MR) is 128 cm³/mol. The fourth-order valence-corrected chi connectivity index (χ4v) is 7.86. The van der Waals surface area contributed by atoms with Gasteiger partial charge in [-0.25, -0.2) is 4.90 Å². The number of aliphatic hydroxyl groups excluding tert-OH is 1. The Hall–Kier alpha value is -1.54. The summed E-state index contributed by atoms with van der Waals surface area (Å²) in [5.74, 6) is -1.59. The minimum absolute atomic E-state index is 0.237. The van der Waals surface area contributed by atoms with Gasteiger partial charge in [-0.1, -0.05) is 46.4 Å². The normalized spacial score (nSPS) is 34.7. The van der Waals surface area contributed by atoms with Gasteiger partial charge >= 0.3 is 0 Å². The molecule has 4 heterocycles. The van der Waals surface area contributed by atoms with Crippen molar-refractivity contribution in [3.05, 3.63) is 56.0 Å². The molecule has 3 fully saturated rings. The number of hydrogen-bond acceptors (Lipinski definition) is 5. The van der Waals surface area contributed by atoms with Crippen LogP contribution in [0.1, 0.15) is 25.3 Å². The highest BCUT2D eigenvalue weighted by atomic mass is 35.5. The molecule has 6 rings (SSSR count). The van der Waals surface area contributed by atoms with Crippen LogP contribution in [-0.4, -0.2) is 40.6 Å². The molecule has 172 valence electrons. The zero-order valence-corrected chi connectivity index (χ0v) is 20.4. The summed E-state index contributed by atoms with van der Waals surface area (Å²) >= 11 is 25.2. The Balaban J connectivity index is 1.61. The molecule has 0 aliphatic carbocycles. The predicted octanol–water partition coefficient (Wildman–Crippen LogP) is 4.91. The van der Waals surface area contributed by atoms with E-state index in [1.54, 1.807) is 30.3 Å². The highest BCUT2D eigenvalue weighted by molar-refractivity contribution is 6.37. The zero-order valence-electron chi connectivity index (χ0n) is 17.4. The molecule has 5 atom stereocenters. The van der Waals surface area contributed by atoms with E-state index in [9.17, 15) is 14.7 Å². The summed E-state index contributed by atoms with van der Waals surface area (Å²) in [6.45, 7) is 2.47. The number of hydrogen-bond donors (Lipinski definition) is 2. The largest absolute Gasteiger partial charge is 0.371 e. The molecule has 2 aromatic rings. The molecule has 4 aliphatic heterocycles. The van der Waals surface area contributed by atoms with Gasteiger partial charge < -0.3 is 10.4 Å². The van der Waals surface area contributed by atoms with E-state index in [1.165, 1.54) is 4.90 Å². The van der Waals surface area contributed by atoms with Crippen molar-refractivity contribution >= 4 is 69.6 Å². The molecule has 0 radical (unpaired) electrons. The van der Waals surface area contributed by atoms with E-state index >= 15 is 0 Å². The maximum atomic E-state index is 14.1. The third-order valence-corrected chi connectivity index (χ3v) is 8.83. The number of rotatable bonds is 1. The second-order valence-corrected chi connectivity index (χ2v) is 11.1. The van der Waals surface area contributed by atoms with Crippen molar-refractivity contribution in [1.29, 1.82) is 0 Å². The summed E-state index contributed by atoms with van der Waals surface area (Å²) in [4.78, 5) is 31.4. The third-order valence-electron chi connectivity index (χ3n) is 7.88. The van der Waals surface area contributed by atoms with Crippen molar-refractivity contribution < 1.29 is 14.7 Å². The van der Waals surface area contributed by atoms with Crippen molar-refractivity contribution in [3.8, 4) is 0 Å². The van der Waals surface area contributed by atoms with E-state index in [0.717, 1.165) is 12.8 Å². The van der Waals surface area contributed by atoms with Crippen LogP contribution in [0, 0.1) is 11.3 Å². The third kappa shape index (κ3) is 2.54. The first-order valence-corrected chi connectivity index (χ1v) is 12.2. The highest BCUT2D eigenvalue weighted by Crippen LogP contribution is 2.67. The van der Waals surface area contributed by atoms with Crippen LogP contribution in [0.2, 0.25) is 20.1 Å². The van der Waals surface area contributed by atoms with E-state index in [4.69, 9.17) is 46.4 Å². The molecule has 10 heteroatoms. The topological polar surface area (TPSA) is 72.9 Å². The number of carbonyl (C=O) groups is 2. The van der Waals surface area contributed by atoms with Crippen LogP contribution in [0.25, 0.3) is 0 Å². The summed E-state index contributed by atoms with van der Waals surface area (Å²) in [6.07, 6.45) is 0.416. The second-order valence-electron chi connectivity index (χ2n) is 9.36. The molecule has 0 aromatic heterocycles. The van der Waals surface area contributed by atoms with Crippen LogP contribution in [0.4, 0.5) is 11.4 Å². The standard InChI is InChI=1S/C23H19Cl4N3O3/c1-22-16-3-2-4-29(16)23(14-8-12(26)9-15(27)17(14)28-20(23)32)18(22)19(31)30(21(22)33)13-6-10(24)5-11(25)7-13/h5-9,16,18,20,28,32H,2-4H2,1H3. The maximum Gasteiger partial charge on any atom is 0.242 e. The van der Waals surface area contributed by atoms with Gasteiger partial charge in [0.2, 0.25) is 11.8 Å². The molecule has 0 bridgehead atoms. The Morgan fingerprint density at radius 3 is 2.39 bits per heavy atom. The molecule has 2 aromatic carbocycles. The number of nitrogens with zero attached hydrogens (tertiary/aromatic N) is 2. The lowest BCUT2D eigenvalue weighted by molar-refractivity contribution is -0.127. The Morgan fingerprint density at radius 1 is 1.03 bits per heavy atom. The van der Waals surface area contributed by atoms with Gasteiger partial charge in [-0.3, -0.25) is 14.5 Å². The number of benzene rings is 2. The average Bonchev–Trinajstić information content (AvgIpc) is 3.41. The first kappa shape index (κ1) is 22.0. The first-order chi connectivity index (χ1) is 15.6. The van der Waals surface area contributed by atoms with E-state index in [0.29, 0.717) is 43.6 Å². The van der Waals surface area contributed by atoms with E-state index < -0.39 is 29.0 Å². The van der Waals surface area contributed by atoms with Gasteiger partial charge in [-0.05, 0) is 56.6 Å².